The molecule has 1 aliphatic heterocycles. The fourth-order valence-electron chi connectivity index (χ4n) is 3.45. The van der Waals surface area contributed by atoms with Crippen LogP contribution in [-0.2, 0) is 10.0 Å². The molecule has 6 heteroatoms. The summed E-state index contributed by atoms with van der Waals surface area (Å²) in [5, 5.41) is 2.79. The van der Waals surface area contributed by atoms with Crippen LogP contribution >= 0.6 is 0 Å². The molecule has 0 bridgehead atoms. The molecule has 0 spiro atoms. The number of nitrogens with zero attached hydrogens (tertiary/aromatic N) is 1. The molecule has 0 aromatic heterocycles. The third-order valence-corrected chi connectivity index (χ3v) is 6.47. The Labute approximate surface area is 155 Å². The molecule has 138 valence electrons. The summed E-state index contributed by atoms with van der Waals surface area (Å²) < 4.78 is 27.3. The van der Waals surface area contributed by atoms with Crippen LogP contribution in [0, 0.1) is 11.8 Å². The normalized spacial score (nSPS) is 21.3. The lowest BCUT2D eigenvalue weighted by Crippen LogP contribution is -2.42. The van der Waals surface area contributed by atoms with E-state index in [0.717, 1.165) is 6.42 Å². The number of anilines is 1. The van der Waals surface area contributed by atoms with Gasteiger partial charge in [0.2, 0.25) is 10.0 Å². The molecule has 1 aliphatic rings. The maximum Gasteiger partial charge on any atom is 0.255 e. The van der Waals surface area contributed by atoms with Gasteiger partial charge in [0.15, 0.2) is 0 Å². The fraction of sp³-hybridized carbons (Fsp3) is 0.350. The first kappa shape index (κ1) is 18.6. The molecule has 1 N–H and O–H groups in total. The lowest BCUT2D eigenvalue weighted by Gasteiger charge is -2.34. The molecule has 1 amide bonds. The zero-order valence-corrected chi connectivity index (χ0v) is 15.9. The van der Waals surface area contributed by atoms with Crippen molar-refractivity contribution in [1.29, 1.82) is 0 Å². The van der Waals surface area contributed by atoms with Crippen molar-refractivity contribution in [3.05, 3.63) is 60.2 Å². The van der Waals surface area contributed by atoms with E-state index in [1.807, 2.05) is 18.2 Å². The highest BCUT2D eigenvalue weighted by atomic mass is 32.2. The number of carbonyl (C=O) groups is 1. The van der Waals surface area contributed by atoms with Gasteiger partial charge in [0, 0.05) is 24.3 Å². The minimum absolute atomic E-state index is 0.232. The smallest absolute Gasteiger partial charge is 0.255 e. The van der Waals surface area contributed by atoms with E-state index in [1.165, 1.54) is 12.1 Å². The lowest BCUT2D eigenvalue weighted by molar-refractivity contribution is 0.102. The number of sulfonamides is 1. The first-order valence-corrected chi connectivity index (χ1v) is 10.3. The van der Waals surface area contributed by atoms with Gasteiger partial charge in [0.1, 0.15) is 0 Å². The van der Waals surface area contributed by atoms with E-state index in [9.17, 15) is 13.2 Å². The highest BCUT2D eigenvalue weighted by Gasteiger charge is 2.31. The minimum Gasteiger partial charge on any atom is -0.322 e. The highest BCUT2D eigenvalue weighted by Crippen LogP contribution is 2.26. The number of amides is 1. The van der Waals surface area contributed by atoms with E-state index in [4.69, 9.17) is 0 Å². The van der Waals surface area contributed by atoms with Crippen LogP contribution in [0.5, 0.6) is 0 Å². The van der Waals surface area contributed by atoms with Crippen LogP contribution < -0.4 is 5.32 Å². The molecule has 26 heavy (non-hydrogen) atoms. The Bertz CT molecular complexity index is 854. The van der Waals surface area contributed by atoms with Gasteiger partial charge >= 0.3 is 0 Å². The minimum atomic E-state index is -3.53. The van der Waals surface area contributed by atoms with Crippen LogP contribution in [0.15, 0.2) is 59.5 Å². The molecule has 1 heterocycles. The number of carbonyl (C=O) groups excluding carboxylic acids is 1. The zero-order valence-electron chi connectivity index (χ0n) is 15.1. The van der Waals surface area contributed by atoms with Crippen LogP contribution in [0.3, 0.4) is 0 Å². The lowest BCUT2D eigenvalue weighted by atomic mass is 9.94. The molecule has 0 unspecified atom stereocenters. The first-order chi connectivity index (χ1) is 12.4. The van der Waals surface area contributed by atoms with Gasteiger partial charge in [0.25, 0.3) is 5.91 Å². The second kappa shape index (κ2) is 7.60. The Morgan fingerprint density at radius 2 is 1.54 bits per heavy atom. The molecule has 1 fully saturated rings. The second-order valence-electron chi connectivity index (χ2n) is 7.11. The van der Waals surface area contributed by atoms with Gasteiger partial charge in [-0.2, -0.15) is 4.31 Å². The maximum atomic E-state index is 12.9. The van der Waals surface area contributed by atoms with E-state index in [1.54, 1.807) is 28.6 Å². The van der Waals surface area contributed by atoms with Gasteiger partial charge < -0.3 is 5.32 Å². The van der Waals surface area contributed by atoms with Crippen LogP contribution in [0.25, 0.3) is 0 Å². The summed E-state index contributed by atoms with van der Waals surface area (Å²) in [6.07, 6.45) is 1.05. The van der Waals surface area contributed by atoms with E-state index in [0.29, 0.717) is 36.2 Å². The summed E-state index contributed by atoms with van der Waals surface area (Å²) in [5.41, 5.74) is 1.12. The first-order valence-electron chi connectivity index (χ1n) is 8.83. The van der Waals surface area contributed by atoms with Crippen molar-refractivity contribution in [3.8, 4) is 0 Å². The molecule has 5 nitrogen and oxygen atoms in total. The van der Waals surface area contributed by atoms with Gasteiger partial charge in [0.05, 0.1) is 4.90 Å². The number of benzene rings is 2. The standard InChI is InChI=1S/C20H24N2O3S/c1-15-12-16(2)14-22(13-15)26(24,25)19-10-8-17(9-11-19)20(23)21-18-6-4-3-5-7-18/h3-11,15-16H,12-14H2,1-2H3,(H,21,23)/t15-,16-/m1/s1. The summed E-state index contributed by atoms with van der Waals surface area (Å²) in [6, 6.07) is 15.3. The third kappa shape index (κ3) is 4.14. The topological polar surface area (TPSA) is 66.5 Å². The Hall–Kier alpha value is -2.18. The van der Waals surface area contributed by atoms with Gasteiger partial charge in [-0.1, -0.05) is 32.0 Å². The largest absolute Gasteiger partial charge is 0.322 e. The molecule has 2 aromatic carbocycles. The molecular weight excluding hydrogens is 348 g/mol. The Morgan fingerprint density at radius 1 is 0.962 bits per heavy atom. The van der Waals surface area contributed by atoms with Crippen molar-refractivity contribution in [1.82, 2.24) is 4.31 Å². The molecule has 1 saturated heterocycles. The van der Waals surface area contributed by atoms with Crippen LogP contribution in [-0.4, -0.2) is 31.7 Å². The fourth-order valence-corrected chi connectivity index (χ4v) is 5.13. The molecule has 0 radical (unpaired) electrons. The second-order valence-corrected chi connectivity index (χ2v) is 9.05. The average molecular weight is 372 g/mol. The van der Waals surface area contributed by atoms with Crippen molar-refractivity contribution in [2.45, 2.75) is 25.2 Å². The van der Waals surface area contributed by atoms with E-state index in [-0.39, 0.29) is 10.8 Å². The van der Waals surface area contributed by atoms with Crippen molar-refractivity contribution in [2.24, 2.45) is 11.8 Å². The third-order valence-electron chi connectivity index (χ3n) is 4.62. The predicted molar refractivity (Wildman–Crippen MR) is 103 cm³/mol. The van der Waals surface area contributed by atoms with Gasteiger partial charge in [-0.15, -0.1) is 0 Å². The van der Waals surface area contributed by atoms with Crippen molar-refractivity contribution >= 4 is 21.6 Å². The molecule has 2 aromatic rings. The van der Waals surface area contributed by atoms with Gasteiger partial charge in [-0.05, 0) is 54.7 Å². The van der Waals surface area contributed by atoms with Crippen LogP contribution in [0.1, 0.15) is 30.6 Å². The molecule has 3 rings (SSSR count). The summed E-state index contributed by atoms with van der Waals surface area (Å²) >= 11 is 0. The van der Waals surface area contributed by atoms with E-state index >= 15 is 0 Å². The summed E-state index contributed by atoms with van der Waals surface area (Å²) in [5.74, 6) is 0.439. The van der Waals surface area contributed by atoms with Crippen molar-refractivity contribution in [3.63, 3.8) is 0 Å². The summed E-state index contributed by atoms with van der Waals surface area (Å²) in [4.78, 5) is 12.5. The number of hydrogen-bond donors (Lipinski definition) is 1. The SMILES string of the molecule is C[C@@H]1C[C@@H](C)CN(S(=O)(=O)c2ccc(C(=O)Nc3ccccc3)cc2)C1. The quantitative estimate of drug-likeness (QED) is 0.892. The Kier molecular flexibility index (Phi) is 5.44. The Morgan fingerprint density at radius 3 is 2.12 bits per heavy atom. The summed E-state index contributed by atoms with van der Waals surface area (Å²) in [7, 11) is -3.53. The van der Waals surface area contributed by atoms with Crippen molar-refractivity contribution in [2.75, 3.05) is 18.4 Å². The molecular formula is C20H24N2O3S. The number of nitrogens with one attached hydrogen (secondary N) is 1. The molecule has 0 saturated carbocycles. The highest BCUT2D eigenvalue weighted by molar-refractivity contribution is 7.89. The predicted octanol–water partition coefficient (Wildman–Crippen LogP) is 3.61. The average Bonchev–Trinajstić information content (AvgIpc) is 2.62. The number of piperidine rings is 1. The monoisotopic (exact) mass is 372 g/mol. The van der Waals surface area contributed by atoms with Crippen LogP contribution in [0.4, 0.5) is 5.69 Å². The zero-order chi connectivity index (χ0) is 18.7. The molecule has 2 atom stereocenters. The van der Waals surface area contributed by atoms with E-state index < -0.39 is 10.0 Å². The van der Waals surface area contributed by atoms with E-state index in [2.05, 4.69) is 19.2 Å². The van der Waals surface area contributed by atoms with Gasteiger partial charge in [-0.25, -0.2) is 8.42 Å². The Balaban J connectivity index is 1.75. The maximum absolute atomic E-state index is 12.9. The van der Waals surface area contributed by atoms with Gasteiger partial charge in [-0.3, -0.25) is 4.79 Å². The van der Waals surface area contributed by atoms with Crippen molar-refractivity contribution < 1.29 is 13.2 Å². The summed E-state index contributed by atoms with van der Waals surface area (Å²) in [6.45, 7) is 5.25. The number of para-hydroxylation sites is 1. The molecule has 0 aliphatic carbocycles. The van der Waals surface area contributed by atoms with Crippen LogP contribution in [0.2, 0.25) is 0 Å². The number of hydrogen-bond acceptors (Lipinski definition) is 3. The number of rotatable bonds is 4.